The quantitative estimate of drug-likeness (QED) is 0.323. The van der Waals surface area contributed by atoms with Crippen molar-refractivity contribution in [3.05, 3.63) is 59.7 Å². The van der Waals surface area contributed by atoms with Gasteiger partial charge in [-0.2, -0.15) is 5.10 Å². The summed E-state index contributed by atoms with van der Waals surface area (Å²) in [6.45, 7) is 6.20. The lowest BCUT2D eigenvalue weighted by atomic mass is 9.96. The minimum absolute atomic E-state index is 0.180. The molecule has 8 heteroatoms. The zero-order chi connectivity index (χ0) is 24.6. The molecule has 4 aromatic rings. The van der Waals surface area contributed by atoms with Crippen LogP contribution in [0.4, 0.5) is 4.39 Å². The van der Waals surface area contributed by atoms with E-state index in [0.717, 1.165) is 49.4 Å². The molecule has 0 saturated carbocycles. The summed E-state index contributed by atoms with van der Waals surface area (Å²) in [7, 11) is 0. The number of piperidine rings is 1. The summed E-state index contributed by atoms with van der Waals surface area (Å²) in [5.74, 6) is 0.451. The first-order chi connectivity index (χ1) is 17.6. The highest BCUT2D eigenvalue weighted by Gasteiger charge is 2.24. The van der Waals surface area contributed by atoms with Gasteiger partial charge in [0.05, 0.1) is 11.9 Å². The van der Waals surface area contributed by atoms with Gasteiger partial charge in [-0.25, -0.2) is 9.37 Å². The highest BCUT2D eigenvalue weighted by molar-refractivity contribution is 5.94. The second-order valence-corrected chi connectivity index (χ2v) is 9.74. The highest BCUT2D eigenvalue weighted by Crippen LogP contribution is 2.35. The van der Waals surface area contributed by atoms with E-state index >= 15 is 4.39 Å². The Labute approximate surface area is 209 Å². The summed E-state index contributed by atoms with van der Waals surface area (Å²) in [5, 5.41) is 21.3. The van der Waals surface area contributed by atoms with Crippen molar-refractivity contribution in [1.82, 2.24) is 30.4 Å². The van der Waals surface area contributed by atoms with E-state index in [2.05, 4.69) is 36.5 Å². The molecule has 2 aliphatic heterocycles. The minimum atomic E-state index is -0.380. The summed E-state index contributed by atoms with van der Waals surface area (Å²) in [5.41, 5.74) is 5.36. The number of benzene rings is 2. The predicted molar refractivity (Wildman–Crippen MR) is 140 cm³/mol. The molecule has 0 radical (unpaired) electrons. The van der Waals surface area contributed by atoms with Crippen LogP contribution >= 0.6 is 0 Å². The van der Waals surface area contributed by atoms with Crippen LogP contribution in [0.5, 0.6) is 5.75 Å². The molecular formula is C28H31FN6O. The average Bonchev–Trinajstić information content (AvgIpc) is 3.58. The van der Waals surface area contributed by atoms with Crippen molar-refractivity contribution in [2.45, 2.75) is 38.6 Å². The number of nitrogens with zero attached hydrogens (tertiary/aromatic N) is 3. The first kappa shape index (κ1) is 22.9. The van der Waals surface area contributed by atoms with Gasteiger partial charge in [0.15, 0.2) is 11.6 Å². The fourth-order valence-electron chi connectivity index (χ4n) is 5.59. The Morgan fingerprint density at radius 1 is 1.19 bits per heavy atom. The smallest absolute Gasteiger partial charge is 0.159 e. The molecule has 2 aliphatic rings. The molecule has 1 atom stereocenters. The molecular weight excluding hydrogens is 455 g/mol. The molecule has 7 nitrogen and oxygen atoms in total. The van der Waals surface area contributed by atoms with Gasteiger partial charge in [-0.05, 0) is 67.1 Å². The van der Waals surface area contributed by atoms with Crippen LogP contribution in [-0.2, 0) is 6.42 Å². The second-order valence-electron chi connectivity index (χ2n) is 9.74. The molecule has 6 rings (SSSR count). The van der Waals surface area contributed by atoms with E-state index in [1.807, 2.05) is 19.2 Å². The third-order valence-corrected chi connectivity index (χ3v) is 7.61. The van der Waals surface area contributed by atoms with Crippen molar-refractivity contribution in [1.29, 1.82) is 0 Å². The van der Waals surface area contributed by atoms with Gasteiger partial charge >= 0.3 is 0 Å². The van der Waals surface area contributed by atoms with E-state index in [0.29, 0.717) is 34.9 Å². The molecule has 0 spiro atoms. The standard InChI is InChI=1S/C28H31FN6O/c1-2-17-14-20(36)5-6-21(17)22-7-8-23-26(25(22)29)33-34-27(23)28-31-16-24(32-28)18-9-12-35(13-10-18)19-4-3-11-30-15-19/h5-9,14,16,19,30,36H,2-4,10-13,15H2,1H3,(H,31,32)(H,33,34). The zero-order valence-electron chi connectivity index (χ0n) is 20.4. The van der Waals surface area contributed by atoms with Crippen molar-refractivity contribution in [2.75, 3.05) is 26.2 Å². The maximum absolute atomic E-state index is 15.6. The Morgan fingerprint density at radius 2 is 2.08 bits per heavy atom. The van der Waals surface area contributed by atoms with Gasteiger partial charge in [0, 0.05) is 36.6 Å². The Hall–Kier alpha value is -3.49. The topological polar surface area (TPSA) is 92.9 Å². The van der Waals surface area contributed by atoms with E-state index in [-0.39, 0.29) is 17.1 Å². The fraction of sp³-hybridized carbons (Fsp3) is 0.357. The van der Waals surface area contributed by atoms with E-state index in [1.54, 1.807) is 24.3 Å². The van der Waals surface area contributed by atoms with Crippen LogP contribution in [0.25, 0.3) is 39.1 Å². The molecule has 2 aromatic carbocycles. The van der Waals surface area contributed by atoms with Crippen LogP contribution < -0.4 is 5.32 Å². The lowest BCUT2D eigenvalue weighted by molar-refractivity contribution is 0.182. The maximum atomic E-state index is 15.6. The zero-order valence-corrected chi connectivity index (χ0v) is 20.4. The summed E-state index contributed by atoms with van der Waals surface area (Å²) < 4.78 is 15.6. The Morgan fingerprint density at radius 3 is 2.86 bits per heavy atom. The van der Waals surface area contributed by atoms with E-state index in [4.69, 9.17) is 0 Å². The molecule has 36 heavy (non-hydrogen) atoms. The van der Waals surface area contributed by atoms with Crippen molar-refractivity contribution >= 4 is 16.5 Å². The number of aryl methyl sites for hydroxylation is 1. The fourth-order valence-corrected chi connectivity index (χ4v) is 5.59. The molecule has 4 heterocycles. The molecule has 1 fully saturated rings. The van der Waals surface area contributed by atoms with Gasteiger partial charge in [0.1, 0.15) is 17.0 Å². The molecule has 1 saturated heterocycles. The van der Waals surface area contributed by atoms with Crippen LogP contribution in [0.1, 0.15) is 37.4 Å². The number of aromatic nitrogens is 4. The summed E-state index contributed by atoms with van der Waals surface area (Å²) in [6.07, 6.45) is 8.34. The number of fused-ring (bicyclic) bond motifs is 1. The number of hydrogen-bond acceptors (Lipinski definition) is 5. The predicted octanol–water partition coefficient (Wildman–Crippen LogP) is 4.87. The van der Waals surface area contributed by atoms with Crippen LogP contribution in [0.3, 0.4) is 0 Å². The van der Waals surface area contributed by atoms with Crippen molar-refractivity contribution in [2.24, 2.45) is 0 Å². The number of phenolic OH excluding ortho intramolecular Hbond substituents is 1. The van der Waals surface area contributed by atoms with Crippen LogP contribution in [0, 0.1) is 5.82 Å². The molecule has 4 N–H and O–H groups in total. The van der Waals surface area contributed by atoms with Gasteiger partial charge in [-0.1, -0.05) is 25.1 Å². The highest BCUT2D eigenvalue weighted by atomic mass is 19.1. The van der Waals surface area contributed by atoms with Gasteiger partial charge in [0.2, 0.25) is 0 Å². The number of phenols is 1. The molecule has 0 aliphatic carbocycles. The number of imidazole rings is 1. The summed E-state index contributed by atoms with van der Waals surface area (Å²) in [6, 6.07) is 9.32. The SMILES string of the molecule is CCc1cc(O)ccc1-c1ccc2c(-c3ncc(C4=CCN(C5CCCNC5)CC4)[nH]3)[nH]nc2c1F. The number of hydrogen-bond donors (Lipinski definition) is 4. The summed E-state index contributed by atoms with van der Waals surface area (Å²) in [4.78, 5) is 10.6. The third-order valence-electron chi connectivity index (χ3n) is 7.61. The molecule has 1 unspecified atom stereocenters. The number of nitrogens with one attached hydrogen (secondary N) is 3. The number of halogens is 1. The minimum Gasteiger partial charge on any atom is -0.508 e. The second kappa shape index (κ2) is 9.52. The maximum Gasteiger partial charge on any atom is 0.159 e. The van der Waals surface area contributed by atoms with Crippen LogP contribution in [0.2, 0.25) is 0 Å². The van der Waals surface area contributed by atoms with Crippen molar-refractivity contribution in [3.63, 3.8) is 0 Å². The number of aromatic hydroxyl groups is 1. The Balaban J connectivity index is 1.27. The lowest BCUT2D eigenvalue weighted by Gasteiger charge is -2.36. The first-order valence-corrected chi connectivity index (χ1v) is 12.8. The largest absolute Gasteiger partial charge is 0.508 e. The van der Waals surface area contributed by atoms with Crippen molar-refractivity contribution in [3.8, 4) is 28.4 Å². The molecule has 0 amide bonds. The number of aromatic amines is 2. The molecule has 2 aromatic heterocycles. The van der Waals surface area contributed by atoms with Gasteiger partial charge in [-0.15, -0.1) is 0 Å². The van der Waals surface area contributed by atoms with Crippen molar-refractivity contribution < 1.29 is 9.50 Å². The summed E-state index contributed by atoms with van der Waals surface area (Å²) >= 11 is 0. The van der Waals surface area contributed by atoms with Gasteiger partial charge in [-0.3, -0.25) is 10.00 Å². The van der Waals surface area contributed by atoms with E-state index < -0.39 is 0 Å². The molecule has 186 valence electrons. The van der Waals surface area contributed by atoms with Crippen LogP contribution in [-0.4, -0.2) is 62.4 Å². The molecule has 0 bridgehead atoms. The number of rotatable bonds is 5. The van der Waals surface area contributed by atoms with Gasteiger partial charge in [0.25, 0.3) is 0 Å². The third kappa shape index (κ3) is 4.10. The Bertz CT molecular complexity index is 1430. The number of H-pyrrole nitrogens is 2. The lowest BCUT2D eigenvalue weighted by Crippen LogP contribution is -2.47. The van der Waals surface area contributed by atoms with E-state index in [9.17, 15) is 5.11 Å². The monoisotopic (exact) mass is 486 g/mol. The average molecular weight is 487 g/mol. The first-order valence-electron chi connectivity index (χ1n) is 12.8. The Kier molecular flexibility index (Phi) is 6.07. The van der Waals surface area contributed by atoms with Crippen LogP contribution in [0.15, 0.2) is 42.6 Å². The van der Waals surface area contributed by atoms with Gasteiger partial charge < -0.3 is 15.4 Å². The van der Waals surface area contributed by atoms with E-state index in [1.165, 1.54) is 18.4 Å². The normalized spacial score (nSPS) is 19.1.